The standard InChI is InChI=1S/C23H28N2O2S/c1-16-2-5-21-19(12-16)14-22(28-21)23(26)25-9-7-24(8-10-25)15-17-3-4-20-18(13-17)6-11-27-20/h3-4,13-14,16H,2,5-12,15H2,1H3. The first kappa shape index (κ1) is 18.2. The van der Waals surface area contributed by atoms with Crippen LogP contribution in [0.4, 0.5) is 0 Å². The van der Waals surface area contributed by atoms with Gasteiger partial charge in [-0.3, -0.25) is 9.69 Å². The minimum absolute atomic E-state index is 0.237. The topological polar surface area (TPSA) is 32.8 Å². The molecule has 3 aliphatic rings. The number of hydrogen-bond acceptors (Lipinski definition) is 4. The van der Waals surface area contributed by atoms with Crippen molar-refractivity contribution in [1.82, 2.24) is 9.80 Å². The van der Waals surface area contributed by atoms with Crippen LogP contribution in [0.2, 0.25) is 0 Å². The molecule has 1 aromatic carbocycles. The van der Waals surface area contributed by atoms with Crippen molar-refractivity contribution >= 4 is 17.2 Å². The number of nitrogens with zero attached hydrogens (tertiary/aromatic N) is 2. The Balaban J connectivity index is 1.18. The average molecular weight is 397 g/mol. The molecule has 5 heteroatoms. The number of rotatable bonds is 3. The maximum Gasteiger partial charge on any atom is 0.264 e. The van der Waals surface area contributed by atoms with Crippen molar-refractivity contribution in [3.63, 3.8) is 0 Å². The van der Waals surface area contributed by atoms with Crippen LogP contribution >= 0.6 is 11.3 Å². The summed E-state index contributed by atoms with van der Waals surface area (Å²) in [5.41, 5.74) is 4.11. The van der Waals surface area contributed by atoms with Gasteiger partial charge in [-0.05, 0) is 54.0 Å². The molecule has 1 saturated heterocycles. The molecule has 1 atom stereocenters. The quantitative estimate of drug-likeness (QED) is 0.792. The van der Waals surface area contributed by atoms with E-state index in [0.29, 0.717) is 0 Å². The monoisotopic (exact) mass is 396 g/mol. The Morgan fingerprint density at radius 2 is 2.00 bits per heavy atom. The van der Waals surface area contributed by atoms with Gasteiger partial charge in [-0.2, -0.15) is 0 Å². The number of amides is 1. The van der Waals surface area contributed by atoms with E-state index in [-0.39, 0.29) is 5.91 Å². The first-order valence-corrected chi connectivity index (χ1v) is 11.3. The fourth-order valence-corrected chi connectivity index (χ4v) is 5.85. The van der Waals surface area contributed by atoms with Crippen molar-refractivity contribution in [2.45, 2.75) is 39.2 Å². The fourth-order valence-electron chi connectivity index (χ4n) is 4.67. The van der Waals surface area contributed by atoms with Crippen LogP contribution in [-0.2, 0) is 25.8 Å². The fraction of sp³-hybridized carbons (Fsp3) is 0.522. The van der Waals surface area contributed by atoms with Gasteiger partial charge in [0.05, 0.1) is 11.5 Å². The van der Waals surface area contributed by atoms with Crippen LogP contribution in [0, 0.1) is 5.92 Å². The summed E-state index contributed by atoms with van der Waals surface area (Å²) in [7, 11) is 0. The Hall–Kier alpha value is -1.85. The minimum atomic E-state index is 0.237. The van der Waals surface area contributed by atoms with Crippen LogP contribution in [0.5, 0.6) is 5.75 Å². The molecule has 0 N–H and O–H groups in total. The molecule has 148 valence electrons. The van der Waals surface area contributed by atoms with Gasteiger partial charge in [0, 0.05) is 44.0 Å². The van der Waals surface area contributed by atoms with E-state index in [9.17, 15) is 4.79 Å². The predicted molar refractivity (Wildman–Crippen MR) is 112 cm³/mol. The van der Waals surface area contributed by atoms with Gasteiger partial charge in [0.15, 0.2) is 0 Å². The lowest BCUT2D eigenvalue weighted by molar-refractivity contribution is 0.0633. The molecule has 4 nitrogen and oxygen atoms in total. The third-order valence-electron chi connectivity index (χ3n) is 6.36. The molecule has 1 unspecified atom stereocenters. The number of hydrogen-bond donors (Lipinski definition) is 0. The number of carbonyl (C=O) groups excluding carboxylic acids is 1. The zero-order valence-electron chi connectivity index (χ0n) is 16.6. The summed E-state index contributed by atoms with van der Waals surface area (Å²) in [6.07, 6.45) is 4.57. The Bertz CT molecular complexity index is 883. The van der Waals surface area contributed by atoms with E-state index in [1.807, 2.05) is 4.90 Å². The molecule has 0 bridgehead atoms. The lowest BCUT2D eigenvalue weighted by Crippen LogP contribution is -2.48. The molecule has 1 amide bonds. The summed E-state index contributed by atoms with van der Waals surface area (Å²) >= 11 is 1.74. The summed E-state index contributed by atoms with van der Waals surface area (Å²) in [5, 5.41) is 0. The number of carbonyl (C=O) groups is 1. The second-order valence-electron chi connectivity index (χ2n) is 8.52. The van der Waals surface area contributed by atoms with Crippen molar-refractivity contribution in [3.8, 4) is 5.75 Å². The van der Waals surface area contributed by atoms with E-state index in [1.54, 1.807) is 11.3 Å². The molecule has 1 aliphatic carbocycles. The summed E-state index contributed by atoms with van der Waals surface area (Å²) in [6.45, 7) is 7.63. The number of benzene rings is 1. The molecular formula is C23H28N2O2S. The highest BCUT2D eigenvalue weighted by molar-refractivity contribution is 7.14. The number of thiophene rings is 1. The van der Waals surface area contributed by atoms with Crippen molar-refractivity contribution in [2.24, 2.45) is 5.92 Å². The van der Waals surface area contributed by atoms with Gasteiger partial charge < -0.3 is 9.64 Å². The van der Waals surface area contributed by atoms with Crippen molar-refractivity contribution in [2.75, 3.05) is 32.8 Å². The Morgan fingerprint density at radius 3 is 2.86 bits per heavy atom. The maximum atomic E-state index is 13.0. The molecule has 28 heavy (non-hydrogen) atoms. The van der Waals surface area contributed by atoms with Crippen molar-refractivity contribution in [1.29, 1.82) is 0 Å². The lowest BCUT2D eigenvalue weighted by atomic mass is 9.90. The molecule has 0 spiro atoms. The van der Waals surface area contributed by atoms with E-state index in [1.165, 1.54) is 28.0 Å². The van der Waals surface area contributed by atoms with Gasteiger partial charge >= 0.3 is 0 Å². The molecule has 1 fully saturated rings. The summed E-state index contributed by atoms with van der Waals surface area (Å²) in [4.78, 5) is 19.9. The Labute approximate surface area is 171 Å². The number of fused-ring (bicyclic) bond motifs is 2. The van der Waals surface area contributed by atoms with Crippen LogP contribution in [-0.4, -0.2) is 48.5 Å². The highest BCUT2D eigenvalue weighted by Gasteiger charge is 2.26. The van der Waals surface area contributed by atoms with Gasteiger partial charge in [-0.15, -0.1) is 11.3 Å². The summed E-state index contributed by atoms with van der Waals surface area (Å²) < 4.78 is 5.61. The minimum Gasteiger partial charge on any atom is -0.493 e. The zero-order chi connectivity index (χ0) is 19.1. The van der Waals surface area contributed by atoms with Crippen LogP contribution in [0.1, 0.15) is 44.6 Å². The second-order valence-corrected chi connectivity index (χ2v) is 9.65. The third-order valence-corrected chi connectivity index (χ3v) is 7.58. The first-order valence-electron chi connectivity index (χ1n) is 10.5. The van der Waals surface area contributed by atoms with E-state index in [0.717, 1.165) is 75.1 Å². The molecule has 3 heterocycles. The molecule has 0 saturated carbocycles. The number of piperazine rings is 1. The van der Waals surface area contributed by atoms with Crippen molar-refractivity contribution in [3.05, 3.63) is 50.7 Å². The van der Waals surface area contributed by atoms with Crippen LogP contribution in [0.3, 0.4) is 0 Å². The van der Waals surface area contributed by atoms with Gasteiger partial charge in [0.25, 0.3) is 5.91 Å². The molecular weight excluding hydrogens is 368 g/mol. The first-order chi connectivity index (χ1) is 13.7. The van der Waals surface area contributed by atoms with Crippen LogP contribution in [0.15, 0.2) is 24.3 Å². The molecule has 0 radical (unpaired) electrons. The smallest absolute Gasteiger partial charge is 0.264 e. The summed E-state index contributed by atoms with van der Waals surface area (Å²) in [5.74, 6) is 2.04. The highest BCUT2D eigenvalue weighted by atomic mass is 32.1. The average Bonchev–Trinajstić information content (AvgIpc) is 3.34. The van der Waals surface area contributed by atoms with Crippen LogP contribution in [0.25, 0.3) is 0 Å². The largest absolute Gasteiger partial charge is 0.493 e. The summed E-state index contributed by atoms with van der Waals surface area (Å²) in [6, 6.07) is 8.75. The van der Waals surface area contributed by atoms with E-state index in [4.69, 9.17) is 4.74 Å². The SMILES string of the molecule is CC1CCc2sc(C(=O)N3CCN(Cc4ccc5c(c4)CCO5)CC3)cc2C1. The number of aryl methyl sites for hydroxylation is 1. The third kappa shape index (κ3) is 3.58. The lowest BCUT2D eigenvalue weighted by Gasteiger charge is -2.34. The predicted octanol–water partition coefficient (Wildman–Crippen LogP) is 3.77. The van der Waals surface area contributed by atoms with Crippen molar-refractivity contribution < 1.29 is 9.53 Å². The van der Waals surface area contributed by atoms with E-state index < -0.39 is 0 Å². The van der Waals surface area contributed by atoms with E-state index in [2.05, 4.69) is 36.1 Å². The van der Waals surface area contributed by atoms with E-state index >= 15 is 0 Å². The number of ether oxygens (including phenoxy) is 1. The Kier molecular flexibility index (Phi) is 4.89. The highest BCUT2D eigenvalue weighted by Crippen LogP contribution is 2.33. The molecule has 1 aromatic heterocycles. The zero-order valence-corrected chi connectivity index (χ0v) is 17.4. The molecule has 2 aliphatic heterocycles. The van der Waals surface area contributed by atoms with Gasteiger partial charge in [0.2, 0.25) is 0 Å². The maximum absolute atomic E-state index is 13.0. The molecule has 2 aromatic rings. The Morgan fingerprint density at radius 1 is 1.14 bits per heavy atom. The second kappa shape index (κ2) is 7.53. The molecule has 5 rings (SSSR count). The normalized spacial score (nSPS) is 21.9. The van der Waals surface area contributed by atoms with Gasteiger partial charge in [-0.1, -0.05) is 19.1 Å². The van der Waals surface area contributed by atoms with Gasteiger partial charge in [0.1, 0.15) is 5.75 Å². The van der Waals surface area contributed by atoms with Crippen LogP contribution < -0.4 is 4.74 Å². The van der Waals surface area contributed by atoms with Gasteiger partial charge in [-0.25, -0.2) is 0 Å².